The molecule has 1 saturated heterocycles. The van der Waals surface area contributed by atoms with Gasteiger partial charge in [-0.3, -0.25) is 9.59 Å². The predicted octanol–water partition coefficient (Wildman–Crippen LogP) is 4.12. The number of methoxy groups -OCH3 is 3. The average molecular weight is 526 g/mol. The predicted molar refractivity (Wildman–Crippen MR) is 147 cm³/mol. The third-order valence-electron chi connectivity index (χ3n) is 7.90. The van der Waals surface area contributed by atoms with Crippen molar-refractivity contribution >= 4 is 22.7 Å². The molecule has 6 rings (SSSR count). The van der Waals surface area contributed by atoms with E-state index in [4.69, 9.17) is 14.2 Å². The Morgan fingerprint density at radius 1 is 0.897 bits per heavy atom. The van der Waals surface area contributed by atoms with Gasteiger partial charge in [-0.05, 0) is 53.9 Å². The second kappa shape index (κ2) is 10.0. The van der Waals surface area contributed by atoms with Crippen LogP contribution in [0.4, 0.5) is 0 Å². The van der Waals surface area contributed by atoms with Crippen LogP contribution in [0.15, 0.2) is 66.7 Å². The first-order valence-electron chi connectivity index (χ1n) is 13.1. The van der Waals surface area contributed by atoms with Crippen molar-refractivity contribution in [2.45, 2.75) is 24.9 Å². The zero-order valence-corrected chi connectivity index (χ0v) is 22.3. The lowest BCUT2D eigenvalue weighted by Crippen LogP contribution is -2.63. The lowest BCUT2D eigenvalue weighted by molar-refractivity contribution is -0.158. The number of piperazine rings is 1. The second-order valence-corrected chi connectivity index (χ2v) is 9.95. The van der Waals surface area contributed by atoms with Crippen LogP contribution in [0.3, 0.4) is 0 Å². The lowest BCUT2D eigenvalue weighted by Gasteiger charge is -2.47. The van der Waals surface area contributed by atoms with E-state index < -0.39 is 12.1 Å². The summed E-state index contributed by atoms with van der Waals surface area (Å²) in [6, 6.07) is 20.3. The Labute approximate surface area is 227 Å². The third kappa shape index (κ3) is 4.26. The lowest BCUT2D eigenvalue weighted by atomic mass is 9.85. The van der Waals surface area contributed by atoms with Crippen molar-refractivity contribution in [3.8, 4) is 17.2 Å². The molecule has 0 radical (unpaired) electrons. The molecule has 0 saturated carbocycles. The Morgan fingerprint density at radius 2 is 1.64 bits per heavy atom. The van der Waals surface area contributed by atoms with Gasteiger partial charge >= 0.3 is 0 Å². The van der Waals surface area contributed by atoms with Crippen molar-refractivity contribution in [3.05, 3.63) is 89.1 Å². The highest BCUT2D eigenvalue weighted by atomic mass is 16.5. The van der Waals surface area contributed by atoms with Gasteiger partial charge in [0.2, 0.25) is 11.8 Å². The number of benzene rings is 3. The van der Waals surface area contributed by atoms with Gasteiger partial charge in [0.25, 0.3) is 0 Å². The van der Waals surface area contributed by atoms with E-state index in [2.05, 4.69) is 11.1 Å². The highest BCUT2D eigenvalue weighted by Crippen LogP contribution is 2.45. The highest BCUT2D eigenvalue weighted by Gasteiger charge is 2.48. The Morgan fingerprint density at radius 3 is 2.38 bits per heavy atom. The van der Waals surface area contributed by atoms with Crippen LogP contribution in [-0.4, -0.2) is 67.1 Å². The van der Waals surface area contributed by atoms with Gasteiger partial charge in [-0.2, -0.15) is 0 Å². The molecule has 3 aromatic carbocycles. The molecule has 39 heavy (non-hydrogen) atoms. The van der Waals surface area contributed by atoms with E-state index in [1.165, 1.54) is 0 Å². The largest absolute Gasteiger partial charge is 0.497 e. The summed E-state index contributed by atoms with van der Waals surface area (Å²) >= 11 is 0. The Balaban J connectivity index is 1.40. The SMILES string of the molecule is COc1ccc(CCN2CC(=O)N3[C@@H](c4cc(OC)ccc4OC)c4[nH]c5ccccc5c4C[C@H]3C2=O)cc1. The molecule has 1 aromatic heterocycles. The summed E-state index contributed by atoms with van der Waals surface area (Å²) in [5, 5.41) is 1.06. The van der Waals surface area contributed by atoms with E-state index >= 15 is 0 Å². The van der Waals surface area contributed by atoms with Crippen LogP contribution in [-0.2, 0) is 22.4 Å². The highest BCUT2D eigenvalue weighted by molar-refractivity contribution is 5.97. The van der Waals surface area contributed by atoms with Crippen LogP contribution in [0.2, 0.25) is 0 Å². The number of H-pyrrole nitrogens is 1. The molecule has 2 aliphatic heterocycles. The fourth-order valence-corrected chi connectivity index (χ4v) is 5.95. The molecule has 0 unspecified atom stereocenters. The van der Waals surface area contributed by atoms with Crippen molar-refractivity contribution in [3.63, 3.8) is 0 Å². The molecular formula is C31H31N3O5. The summed E-state index contributed by atoms with van der Waals surface area (Å²) in [5.74, 6) is 1.95. The van der Waals surface area contributed by atoms with E-state index in [0.717, 1.165) is 39.0 Å². The fourth-order valence-electron chi connectivity index (χ4n) is 5.95. The van der Waals surface area contributed by atoms with Gasteiger partial charge in [0.1, 0.15) is 29.3 Å². The number of amides is 2. The summed E-state index contributed by atoms with van der Waals surface area (Å²) in [5.41, 5.74) is 4.81. The maximum absolute atomic E-state index is 14.0. The summed E-state index contributed by atoms with van der Waals surface area (Å²) in [7, 11) is 4.86. The van der Waals surface area contributed by atoms with Crippen molar-refractivity contribution in [1.29, 1.82) is 0 Å². The minimum absolute atomic E-state index is 0.0316. The van der Waals surface area contributed by atoms with Gasteiger partial charge < -0.3 is 29.0 Å². The number of aromatic amines is 1. The zero-order chi connectivity index (χ0) is 27.1. The molecule has 200 valence electrons. The molecule has 2 aliphatic rings. The second-order valence-electron chi connectivity index (χ2n) is 9.95. The topological polar surface area (TPSA) is 84.1 Å². The molecule has 1 fully saturated rings. The molecule has 3 heterocycles. The third-order valence-corrected chi connectivity index (χ3v) is 7.90. The first kappa shape index (κ1) is 24.9. The quantitative estimate of drug-likeness (QED) is 0.393. The molecule has 1 N–H and O–H groups in total. The maximum atomic E-state index is 14.0. The van der Waals surface area contributed by atoms with E-state index in [9.17, 15) is 9.59 Å². The molecule has 4 aromatic rings. The van der Waals surface area contributed by atoms with Crippen molar-refractivity contribution < 1.29 is 23.8 Å². The minimum Gasteiger partial charge on any atom is -0.497 e. The number of fused-ring (bicyclic) bond motifs is 4. The molecule has 0 aliphatic carbocycles. The summed E-state index contributed by atoms with van der Waals surface area (Å²) in [6.45, 7) is 0.499. The van der Waals surface area contributed by atoms with Gasteiger partial charge in [-0.25, -0.2) is 0 Å². The number of carbonyl (C=O) groups is 2. The molecule has 0 spiro atoms. The van der Waals surface area contributed by atoms with Crippen molar-refractivity contribution in [2.24, 2.45) is 0 Å². The molecule has 8 nitrogen and oxygen atoms in total. The van der Waals surface area contributed by atoms with Crippen LogP contribution in [0.25, 0.3) is 10.9 Å². The number of ether oxygens (including phenoxy) is 3. The molecular weight excluding hydrogens is 494 g/mol. The summed E-state index contributed by atoms with van der Waals surface area (Å²) in [4.78, 5) is 34.9. The van der Waals surface area contributed by atoms with Gasteiger partial charge in [0.15, 0.2) is 0 Å². The number of para-hydroxylation sites is 1. The van der Waals surface area contributed by atoms with Crippen molar-refractivity contribution in [1.82, 2.24) is 14.8 Å². The monoisotopic (exact) mass is 525 g/mol. The summed E-state index contributed by atoms with van der Waals surface area (Å²) in [6.07, 6.45) is 1.10. The first-order chi connectivity index (χ1) is 19.0. The van der Waals surface area contributed by atoms with Crippen molar-refractivity contribution in [2.75, 3.05) is 34.4 Å². The average Bonchev–Trinajstić information content (AvgIpc) is 3.35. The molecule has 2 amide bonds. The van der Waals surface area contributed by atoms with Crippen LogP contribution in [0, 0.1) is 0 Å². The molecule has 0 bridgehead atoms. The fraction of sp³-hybridized carbons (Fsp3) is 0.290. The van der Waals surface area contributed by atoms with E-state index in [1.807, 2.05) is 60.7 Å². The van der Waals surface area contributed by atoms with E-state index in [-0.39, 0.29) is 18.4 Å². The maximum Gasteiger partial charge on any atom is 0.246 e. The van der Waals surface area contributed by atoms with Crippen LogP contribution in [0.1, 0.15) is 28.4 Å². The smallest absolute Gasteiger partial charge is 0.246 e. The number of carbonyl (C=O) groups excluding carboxylic acids is 2. The number of aromatic nitrogens is 1. The van der Waals surface area contributed by atoms with E-state index in [1.54, 1.807) is 31.1 Å². The van der Waals surface area contributed by atoms with Gasteiger partial charge in [0.05, 0.1) is 27.9 Å². The van der Waals surface area contributed by atoms with Crippen LogP contribution < -0.4 is 14.2 Å². The summed E-state index contributed by atoms with van der Waals surface area (Å²) < 4.78 is 16.5. The number of nitrogens with zero attached hydrogens (tertiary/aromatic N) is 2. The van der Waals surface area contributed by atoms with E-state index in [0.29, 0.717) is 30.9 Å². The first-order valence-corrected chi connectivity index (χ1v) is 13.1. The normalized spacial score (nSPS) is 18.6. The van der Waals surface area contributed by atoms with Gasteiger partial charge in [-0.15, -0.1) is 0 Å². The number of rotatable bonds is 7. The standard InChI is InChI=1S/C31H31N3O5/c1-37-20-10-8-19(9-11-20)14-15-33-18-28(35)34-26(31(33)36)17-23-22-6-4-5-7-25(22)32-29(23)30(34)24-16-21(38-2)12-13-27(24)39-3/h4-13,16,26,30,32H,14-15,17-18H2,1-3H3/t26-,30-/m0/s1. The number of hydrogen-bond acceptors (Lipinski definition) is 5. The van der Waals surface area contributed by atoms with Crippen LogP contribution in [0.5, 0.6) is 17.2 Å². The molecule has 2 atom stereocenters. The number of hydrogen-bond donors (Lipinski definition) is 1. The minimum atomic E-state index is -0.616. The van der Waals surface area contributed by atoms with Crippen LogP contribution >= 0.6 is 0 Å². The number of nitrogens with one attached hydrogen (secondary N) is 1. The Kier molecular flexibility index (Phi) is 6.38. The Hall–Kier alpha value is -4.46. The van der Waals surface area contributed by atoms with Gasteiger partial charge in [0, 0.05) is 35.1 Å². The molecule has 8 heteroatoms. The zero-order valence-electron chi connectivity index (χ0n) is 22.3. The van der Waals surface area contributed by atoms with Gasteiger partial charge in [-0.1, -0.05) is 30.3 Å². The Bertz CT molecular complexity index is 1540.